The van der Waals surface area contributed by atoms with E-state index in [9.17, 15) is 9.18 Å². The van der Waals surface area contributed by atoms with Crippen molar-refractivity contribution in [2.75, 3.05) is 30.9 Å². The van der Waals surface area contributed by atoms with Crippen LogP contribution in [0, 0.1) is 5.82 Å². The molecule has 0 aliphatic carbocycles. The Morgan fingerprint density at radius 3 is 2.32 bits per heavy atom. The van der Waals surface area contributed by atoms with Gasteiger partial charge >= 0.3 is 0 Å². The third kappa shape index (κ3) is 4.86. The Balaban J connectivity index is 1.88. The van der Waals surface area contributed by atoms with Crippen LogP contribution in [0.25, 0.3) is 0 Å². The third-order valence-corrected chi connectivity index (χ3v) is 3.10. The topological polar surface area (TPSA) is 50.4 Å². The van der Waals surface area contributed by atoms with Crippen LogP contribution in [0.5, 0.6) is 0 Å². The molecule has 0 saturated carbocycles. The van der Waals surface area contributed by atoms with E-state index in [1.165, 1.54) is 24.3 Å². The molecule has 2 aromatic carbocycles. The number of benzene rings is 2. The van der Waals surface area contributed by atoms with Gasteiger partial charge in [-0.15, -0.1) is 0 Å². The van der Waals surface area contributed by atoms with Gasteiger partial charge in [-0.3, -0.25) is 4.79 Å². The van der Waals surface area contributed by atoms with Gasteiger partial charge in [0.1, 0.15) is 5.82 Å². The zero-order valence-electron chi connectivity index (χ0n) is 12.4. The minimum Gasteiger partial charge on any atom is -0.385 e. The van der Waals surface area contributed by atoms with E-state index in [0.29, 0.717) is 11.3 Å². The van der Waals surface area contributed by atoms with Gasteiger partial charge in [0.15, 0.2) is 0 Å². The highest BCUT2D eigenvalue weighted by atomic mass is 19.1. The largest absolute Gasteiger partial charge is 0.385 e. The number of ether oxygens (including phenoxy) is 1. The van der Waals surface area contributed by atoms with Crippen molar-refractivity contribution in [2.24, 2.45) is 0 Å². The summed E-state index contributed by atoms with van der Waals surface area (Å²) in [5.41, 5.74) is 2.09. The Morgan fingerprint density at radius 1 is 1.05 bits per heavy atom. The number of hydrogen-bond donors (Lipinski definition) is 2. The summed E-state index contributed by atoms with van der Waals surface area (Å²) in [6.45, 7) is 1.55. The number of rotatable bonds is 7. The summed E-state index contributed by atoms with van der Waals surface area (Å²) in [7, 11) is 1.68. The van der Waals surface area contributed by atoms with E-state index >= 15 is 0 Å². The van der Waals surface area contributed by atoms with Gasteiger partial charge in [0.25, 0.3) is 5.91 Å². The highest BCUT2D eigenvalue weighted by Crippen LogP contribution is 2.15. The molecule has 5 heteroatoms. The van der Waals surface area contributed by atoms with Crippen molar-refractivity contribution in [1.29, 1.82) is 0 Å². The van der Waals surface area contributed by atoms with Crippen molar-refractivity contribution in [1.82, 2.24) is 0 Å². The molecule has 0 heterocycles. The zero-order valence-corrected chi connectivity index (χ0v) is 12.4. The lowest BCUT2D eigenvalue weighted by atomic mass is 10.2. The molecule has 0 bridgehead atoms. The molecule has 4 nitrogen and oxygen atoms in total. The van der Waals surface area contributed by atoms with Crippen molar-refractivity contribution >= 4 is 17.3 Å². The summed E-state index contributed by atoms with van der Waals surface area (Å²) < 4.78 is 17.8. The lowest BCUT2D eigenvalue weighted by molar-refractivity contribution is 0.102. The maximum atomic E-state index is 12.8. The summed E-state index contributed by atoms with van der Waals surface area (Å²) in [6, 6.07) is 12.9. The maximum absolute atomic E-state index is 12.8. The molecule has 2 rings (SSSR count). The Hall–Kier alpha value is -2.40. The van der Waals surface area contributed by atoms with E-state index in [4.69, 9.17) is 4.74 Å². The van der Waals surface area contributed by atoms with E-state index in [2.05, 4.69) is 10.6 Å². The first-order valence-electron chi connectivity index (χ1n) is 7.09. The molecular formula is C17H19FN2O2. The number of halogens is 1. The predicted molar refractivity (Wildman–Crippen MR) is 85.8 cm³/mol. The maximum Gasteiger partial charge on any atom is 0.255 e. The molecule has 0 aliphatic rings. The van der Waals surface area contributed by atoms with Crippen LogP contribution in [0.15, 0.2) is 48.5 Å². The van der Waals surface area contributed by atoms with Gasteiger partial charge in [-0.05, 0) is 55.0 Å². The number of amides is 1. The fourth-order valence-electron chi connectivity index (χ4n) is 1.93. The Morgan fingerprint density at radius 2 is 1.68 bits per heavy atom. The second-order valence-corrected chi connectivity index (χ2v) is 4.81. The van der Waals surface area contributed by atoms with Crippen molar-refractivity contribution in [3.05, 3.63) is 59.9 Å². The van der Waals surface area contributed by atoms with Gasteiger partial charge in [-0.2, -0.15) is 0 Å². The molecule has 2 N–H and O–H groups in total. The normalized spacial score (nSPS) is 10.3. The van der Waals surface area contributed by atoms with E-state index in [-0.39, 0.29) is 11.7 Å². The third-order valence-electron chi connectivity index (χ3n) is 3.10. The molecule has 0 aliphatic heterocycles. The summed E-state index contributed by atoms with van der Waals surface area (Å²) in [6.07, 6.45) is 0.930. The first-order valence-corrected chi connectivity index (χ1v) is 7.09. The molecule has 0 atom stereocenters. The minimum absolute atomic E-state index is 0.263. The molecule has 2 aromatic rings. The summed E-state index contributed by atoms with van der Waals surface area (Å²) in [4.78, 5) is 12.0. The van der Waals surface area contributed by atoms with Gasteiger partial charge in [0.05, 0.1) is 0 Å². The number of anilines is 2. The van der Waals surface area contributed by atoms with Crippen LogP contribution in [0.3, 0.4) is 0 Å². The number of hydrogen-bond acceptors (Lipinski definition) is 3. The van der Waals surface area contributed by atoms with E-state index < -0.39 is 0 Å². The highest BCUT2D eigenvalue weighted by molar-refractivity contribution is 6.04. The van der Waals surface area contributed by atoms with Crippen LogP contribution in [0.2, 0.25) is 0 Å². The smallest absolute Gasteiger partial charge is 0.255 e. The van der Waals surface area contributed by atoms with Crippen LogP contribution in [0.1, 0.15) is 16.8 Å². The van der Waals surface area contributed by atoms with Crippen molar-refractivity contribution < 1.29 is 13.9 Å². The molecule has 0 aromatic heterocycles. The van der Waals surface area contributed by atoms with Crippen molar-refractivity contribution in [3.8, 4) is 0 Å². The van der Waals surface area contributed by atoms with E-state index in [1.54, 1.807) is 7.11 Å². The van der Waals surface area contributed by atoms with E-state index in [1.807, 2.05) is 24.3 Å². The lowest BCUT2D eigenvalue weighted by Gasteiger charge is -2.08. The molecule has 0 radical (unpaired) electrons. The average Bonchev–Trinajstić information content (AvgIpc) is 2.54. The monoisotopic (exact) mass is 302 g/mol. The quantitative estimate of drug-likeness (QED) is 0.769. The van der Waals surface area contributed by atoms with Gasteiger partial charge in [-0.25, -0.2) is 4.39 Å². The molecule has 22 heavy (non-hydrogen) atoms. The van der Waals surface area contributed by atoms with Crippen molar-refractivity contribution in [2.45, 2.75) is 6.42 Å². The average molecular weight is 302 g/mol. The SMILES string of the molecule is COCCCNc1ccc(NC(=O)c2ccc(F)cc2)cc1. The molecule has 0 fully saturated rings. The second-order valence-electron chi connectivity index (χ2n) is 4.81. The minimum atomic E-state index is -0.361. The Labute approximate surface area is 129 Å². The van der Waals surface area contributed by atoms with Gasteiger partial charge in [-0.1, -0.05) is 0 Å². The molecule has 0 saturated heterocycles. The van der Waals surface area contributed by atoms with Crippen LogP contribution >= 0.6 is 0 Å². The standard InChI is InChI=1S/C17H19FN2O2/c1-22-12-2-11-19-15-7-9-16(10-8-15)20-17(21)13-3-5-14(18)6-4-13/h3-10,19H,2,11-12H2,1H3,(H,20,21). The van der Waals surface area contributed by atoms with Crippen LogP contribution in [-0.4, -0.2) is 26.2 Å². The number of carbonyl (C=O) groups is 1. The van der Waals surface area contributed by atoms with Crippen LogP contribution < -0.4 is 10.6 Å². The molecular weight excluding hydrogens is 283 g/mol. The van der Waals surface area contributed by atoms with Gasteiger partial charge < -0.3 is 15.4 Å². The van der Waals surface area contributed by atoms with Gasteiger partial charge in [0, 0.05) is 37.2 Å². The lowest BCUT2D eigenvalue weighted by Crippen LogP contribution is -2.11. The first kappa shape index (κ1) is 16.0. The summed E-state index contributed by atoms with van der Waals surface area (Å²) in [5, 5.41) is 6.04. The molecule has 1 amide bonds. The molecule has 0 spiro atoms. The van der Waals surface area contributed by atoms with Gasteiger partial charge in [0.2, 0.25) is 0 Å². The number of methoxy groups -OCH3 is 1. The number of carbonyl (C=O) groups excluding carboxylic acids is 1. The van der Waals surface area contributed by atoms with Crippen molar-refractivity contribution in [3.63, 3.8) is 0 Å². The summed E-state index contributed by atoms with van der Waals surface area (Å²) in [5.74, 6) is -0.624. The fourth-order valence-corrected chi connectivity index (χ4v) is 1.93. The molecule has 116 valence electrons. The van der Waals surface area contributed by atoms with E-state index in [0.717, 1.165) is 25.3 Å². The molecule has 0 unspecified atom stereocenters. The van der Waals surface area contributed by atoms with Crippen LogP contribution in [0.4, 0.5) is 15.8 Å². The predicted octanol–water partition coefficient (Wildman–Crippen LogP) is 3.53. The zero-order chi connectivity index (χ0) is 15.8. The number of nitrogens with one attached hydrogen (secondary N) is 2. The fraction of sp³-hybridized carbons (Fsp3) is 0.235. The second kappa shape index (κ2) is 8.14. The van der Waals surface area contributed by atoms with Crippen LogP contribution in [-0.2, 0) is 4.74 Å². The Kier molecular flexibility index (Phi) is 5.91. The first-order chi connectivity index (χ1) is 10.7. The Bertz CT molecular complexity index is 597. The summed E-state index contributed by atoms with van der Waals surface area (Å²) >= 11 is 0. The highest BCUT2D eigenvalue weighted by Gasteiger charge is 2.05.